The van der Waals surface area contributed by atoms with Gasteiger partial charge in [-0.1, -0.05) is 24.8 Å². The van der Waals surface area contributed by atoms with E-state index in [9.17, 15) is 13.6 Å². The highest BCUT2D eigenvalue weighted by molar-refractivity contribution is 7.99. The quantitative estimate of drug-likeness (QED) is 0.829. The Morgan fingerprint density at radius 3 is 2.76 bits per heavy atom. The summed E-state index contributed by atoms with van der Waals surface area (Å²) in [5.74, 6) is -1.81. The summed E-state index contributed by atoms with van der Waals surface area (Å²) in [6.45, 7) is 2.00. The van der Waals surface area contributed by atoms with Crippen molar-refractivity contribution >= 4 is 17.7 Å². The molecule has 0 aliphatic carbocycles. The second-order valence-electron chi connectivity index (χ2n) is 4.26. The number of carbonyl (C=O) groups is 1. The van der Waals surface area contributed by atoms with E-state index in [1.807, 2.05) is 6.92 Å². The molecule has 112 valence electrons. The predicted molar refractivity (Wildman–Crippen MR) is 73.2 cm³/mol. The van der Waals surface area contributed by atoms with Crippen LogP contribution >= 0.6 is 11.8 Å². The molecule has 0 aliphatic rings. The number of aliphatic carboxylic acids is 1. The lowest BCUT2D eigenvalue weighted by Crippen LogP contribution is -2.09. The average molecular weight is 313 g/mol. The van der Waals surface area contributed by atoms with Crippen LogP contribution in [0.5, 0.6) is 0 Å². The van der Waals surface area contributed by atoms with Crippen LogP contribution < -0.4 is 0 Å². The van der Waals surface area contributed by atoms with Crippen molar-refractivity contribution in [1.29, 1.82) is 0 Å². The molecule has 8 heteroatoms. The summed E-state index contributed by atoms with van der Waals surface area (Å²) in [5.41, 5.74) is 0.295. The molecule has 2 rings (SSSR count). The molecule has 0 saturated heterocycles. The van der Waals surface area contributed by atoms with Crippen molar-refractivity contribution < 1.29 is 18.7 Å². The van der Waals surface area contributed by atoms with Crippen LogP contribution in [0.25, 0.3) is 0 Å². The van der Waals surface area contributed by atoms with Crippen LogP contribution in [0.4, 0.5) is 8.78 Å². The number of rotatable bonds is 6. The van der Waals surface area contributed by atoms with Gasteiger partial charge in [0.1, 0.15) is 17.5 Å². The zero-order chi connectivity index (χ0) is 15.4. The first-order valence-corrected chi connectivity index (χ1v) is 7.20. The van der Waals surface area contributed by atoms with Crippen LogP contribution in [-0.4, -0.2) is 31.6 Å². The van der Waals surface area contributed by atoms with Crippen LogP contribution in [0.1, 0.15) is 18.3 Å². The Hall–Kier alpha value is -1.96. The van der Waals surface area contributed by atoms with Crippen molar-refractivity contribution in [2.75, 3.05) is 5.75 Å². The zero-order valence-corrected chi connectivity index (χ0v) is 12.0. The summed E-state index contributed by atoms with van der Waals surface area (Å²) in [6, 6.07) is 3.35. The summed E-state index contributed by atoms with van der Waals surface area (Å²) >= 11 is 1.01. The third kappa shape index (κ3) is 3.78. The molecule has 0 fully saturated rings. The fraction of sp³-hybridized carbons (Fsp3) is 0.308. The molecule has 0 radical (unpaired) electrons. The average Bonchev–Trinajstić information content (AvgIpc) is 2.81. The van der Waals surface area contributed by atoms with Gasteiger partial charge >= 0.3 is 5.97 Å². The lowest BCUT2D eigenvalue weighted by atomic mass is 10.2. The number of halogens is 2. The number of aryl methyl sites for hydroxylation is 1. The van der Waals surface area contributed by atoms with E-state index in [0.717, 1.165) is 17.8 Å². The molecule has 0 aliphatic heterocycles. The van der Waals surface area contributed by atoms with Crippen LogP contribution in [-0.2, 0) is 17.8 Å². The van der Waals surface area contributed by atoms with Gasteiger partial charge in [-0.3, -0.25) is 4.79 Å². The minimum atomic E-state index is -0.972. The smallest absolute Gasteiger partial charge is 0.313 e. The highest BCUT2D eigenvalue weighted by atomic mass is 32.2. The van der Waals surface area contributed by atoms with E-state index in [0.29, 0.717) is 23.0 Å². The van der Waals surface area contributed by atoms with Crippen molar-refractivity contribution in [3.8, 4) is 0 Å². The molecule has 1 heterocycles. The molecule has 0 unspecified atom stereocenters. The molecule has 0 spiro atoms. The van der Waals surface area contributed by atoms with Crippen molar-refractivity contribution in [3.63, 3.8) is 0 Å². The van der Waals surface area contributed by atoms with Crippen molar-refractivity contribution in [1.82, 2.24) is 14.8 Å². The molecule has 5 nitrogen and oxygen atoms in total. The minimum absolute atomic E-state index is 0.129. The number of aromatic nitrogens is 3. The highest BCUT2D eigenvalue weighted by Crippen LogP contribution is 2.20. The number of hydrogen-bond acceptors (Lipinski definition) is 4. The Kier molecular flexibility index (Phi) is 4.89. The fourth-order valence-corrected chi connectivity index (χ4v) is 2.47. The van der Waals surface area contributed by atoms with Gasteiger partial charge in [0, 0.05) is 18.1 Å². The van der Waals surface area contributed by atoms with E-state index >= 15 is 0 Å². The normalized spacial score (nSPS) is 10.8. The minimum Gasteiger partial charge on any atom is -0.481 e. The second-order valence-corrected chi connectivity index (χ2v) is 5.20. The number of carboxylic acid groups (broad SMARTS) is 1. The monoisotopic (exact) mass is 313 g/mol. The number of carboxylic acids is 1. The third-order valence-electron chi connectivity index (χ3n) is 2.78. The van der Waals surface area contributed by atoms with Gasteiger partial charge in [0.15, 0.2) is 5.16 Å². The molecule has 2 aromatic rings. The Morgan fingerprint density at radius 1 is 1.38 bits per heavy atom. The Bertz CT molecular complexity index is 661. The van der Waals surface area contributed by atoms with Crippen LogP contribution in [0.2, 0.25) is 0 Å². The van der Waals surface area contributed by atoms with Gasteiger partial charge < -0.3 is 9.67 Å². The number of hydrogen-bond donors (Lipinski definition) is 1. The Morgan fingerprint density at radius 2 is 2.14 bits per heavy atom. The molecular formula is C13H13F2N3O2S. The molecule has 0 amide bonds. The van der Waals surface area contributed by atoms with Gasteiger partial charge in [-0.15, -0.1) is 10.2 Å². The van der Waals surface area contributed by atoms with E-state index in [1.54, 1.807) is 4.57 Å². The standard InChI is InChI=1S/C13H13F2N3O2S/c1-2-11-16-17-13(21-7-12(19)20)18(11)6-8-3-4-9(14)5-10(8)15/h3-5H,2,6-7H2,1H3,(H,19,20). The summed E-state index contributed by atoms with van der Waals surface area (Å²) in [5, 5.41) is 17.0. The first-order chi connectivity index (χ1) is 10.0. The van der Waals surface area contributed by atoms with E-state index < -0.39 is 17.6 Å². The van der Waals surface area contributed by atoms with Crippen LogP contribution in [0.15, 0.2) is 23.4 Å². The highest BCUT2D eigenvalue weighted by Gasteiger charge is 2.15. The molecule has 0 saturated carbocycles. The lowest BCUT2D eigenvalue weighted by molar-refractivity contribution is -0.133. The summed E-state index contributed by atoms with van der Waals surface area (Å²) in [7, 11) is 0. The van der Waals surface area contributed by atoms with Gasteiger partial charge in [0.2, 0.25) is 0 Å². The maximum Gasteiger partial charge on any atom is 0.313 e. The van der Waals surface area contributed by atoms with E-state index in [-0.39, 0.29) is 12.3 Å². The van der Waals surface area contributed by atoms with Gasteiger partial charge in [-0.05, 0) is 6.07 Å². The Balaban J connectivity index is 2.28. The SMILES string of the molecule is CCc1nnc(SCC(=O)O)n1Cc1ccc(F)cc1F. The molecular weight excluding hydrogens is 300 g/mol. The first kappa shape index (κ1) is 15.4. The van der Waals surface area contributed by atoms with Crippen molar-refractivity contribution in [2.45, 2.75) is 25.0 Å². The molecule has 1 N–H and O–H groups in total. The molecule has 0 bridgehead atoms. The zero-order valence-electron chi connectivity index (χ0n) is 11.2. The maximum atomic E-state index is 13.7. The fourth-order valence-electron chi connectivity index (χ4n) is 1.79. The van der Waals surface area contributed by atoms with E-state index in [1.165, 1.54) is 12.1 Å². The van der Waals surface area contributed by atoms with Crippen molar-refractivity contribution in [3.05, 3.63) is 41.2 Å². The number of benzene rings is 1. The summed E-state index contributed by atoms with van der Waals surface area (Å²) in [4.78, 5) is 10.6. The van der Waals surface area contributed by atoms with Gasteiger partial charge in [-0.25, -0.2) is 8.78 Å². The molecule has 1 aromatic carbocycles. The first-order valence-electron chi connectivity index (χ1n) is 6.21. The van der Waals surface area contributed by atoms with Crippen LogP contribution in [0, 0.1) is 11.6 Å². The van der Waals surface area contributed by atoms with E-state index in [4.69, 9.17) is 5.11 Å². The maximum absolute atomic E-state index is 13.7. The number of nitrogens with zero attached hydrogens (tertiary/aromatic N) is 3. The Labute approximate surface area is 124 Å². The topological polar surface area (TPSA) is 68.0 Å². The van der Waals surface area contributed by atoms with Gasteiger partial charge in [0.25, 0.3) is 0 Å². The number of thioether (sulfide) groups is 1. The van der Waals surface area contributed by atoms with Crippen molar-refractivity contribution in [2.24, 2.45) is 0 Å². The van der Waals surface area contributed by atoms with E-state index in [2.05, 4.69) is 10.2 Å². The van der Waals surface area contributed by atoms with Crippen LogP contribution in [0.3, 0.4) is 0 Å². The molecule has 0 atom stereocenters. The summed E-state index contributed by atoms with van der Waals surface area (Å²) < 4.78 is 28.3. The summed E-state index contributed by atoms with van der Waals surface area (Å²) in [6.07, 6.45) is 0.573. The van der Waals surface area contributed by atoms with Gasteiger partial charge in [0.05, 0.1) is 12.3 Å². The largest absolute Gasteiger partial charge is 0.481 e. The molecule has 21 heavy (non-hydrogen) atoms. The van der Waals surface area contributed by atoms with Gasteiger partial charge in [-0.2, -0.15) is 0 Å². The lowest BCUT2D eigenvalue weighted by Gasteiger charge is -2.09. The second kappa shape index (κ2) is 6.66. The third-order valence-corrected chi connectivity index (χ3v) is 3.73. The molecule has 1 aromatic heterocycles. The predicted octanol–water partition coefficient (Wildman–Crippen LogP) is 2.34.